The zero-order valence-corrected chi connectivity index (χ0v) is 10.2. The molecular weight excluding hydrogens is 256 g/mol. The average Bonchev–Trinajstić information content (AvgIpc) is 2.53. The Kier molecular flexibility index (Phi) is 2.77. The number of para-hydroxylation sites is 1. The molecule has 0 bridgehead atoms. The zero-order chi connectivity index (χ0) is 10.8. The van der Waals surface area contributed by atoms with Crippen LogP contribution in [0.1, 0.15) is 5.69 Å². The maximum Gasteiger partial charge on any atom is 0.301 e. The van der Waals surface area contributed by atoms with Gasteiger partial charge in [-0.25, -0.2) is 4.98 Å². The van der Waals surface area contributed by atoms with Crippen molar-refractivity contribution >= 4 is 15.9 Å². The third-order valence-electron chi connectivity index (χ3n) is 2.22. The van der Waals surface area contributed by atoms with E-state index in [2.05, 4.69) is 20.9 Å². The monoisotopic (exact) mass is 266 g/mol. The lowest BCUT2D eigenvalue weighted by Crippen LogP contribution is -1.96. The second kappa shape index (κ2) is 4.06. The lowest BCUT2D eigenvalue weighted by Gasteiger charge is -2.06. The van der Waals surface area contributed by atoms with Gasteiger partial charge in [0.05, 0.1) is 10.7 Å². The van der Waals surface area contributed by atoms with E-state index in [-0.39, 0.29) is 0 Å². The number of aryl methyl sites for hydroxylation is 1. The second-order valence-electron chi connectivity index (χ2n) is 3.27. The van der Waals surface area contributed by atoms with Gasteiger partial charge in [0, 0.05) is 12.7 Å². The zero-order valence-electron chi connectivity index (χ0n) is 8.57. The van der Waals surface area contributed by atoms with E-state index in [1.807, 2.05) is 42.8 Å². The number of benzene rings is 1. The van der Waals surface area contributed by atoms with Gasteiger partial charge < -0.3 is 9.30 Å². The molecule has 0 saturated carbocycles. The first kappa shape index (κ1) is 10.2. The quantitative estimate of drug-likeness (QED) is 0.834. The topological polar surface area (TPSA) is 27.1 Å². The molecule has 0 saturated heterocycles. The molecule has 2 rings (SSSR count). The van der Waals surface area contributed by atoms with Crippen LogP contribution < -0.4 is 4.74 Å². The Morgan fingerprint density at radius 1 is 1.33 bits per heavy atom. The highest BCUT2D eigenvalue weighted by Crippen LogP contribution is 2.28. The summed E-state index contributed by atoms with van der Waals surface area (Å²) in [6.07, 6.45) is 1.78. The molecular formula is C11H11BrN2O. The van der Waals surface area contributed by atoms with Crippen LogP contribution in [-0.4, -0.2) is 9.55 Å². The van der Waals surface area contributed by atoms with Gasteiger partial charge in [0.15, 0.2) is 0 Å². The van der Waals surface area contributed by atoms with Crippen LogP contribution in [0.4, 0.5) is 0 Å². The van der Waals surface area contributed by atoms with E-state index >= 15 is 0 Å². The molecule has 0 spiro atoms. The number of nitrogens with zero attached hydrogens (tertiary/aromatic N) is 2. The molecule has 4 heteroatoms. The molecule has 0 fully saturated rings. The van der Waals surface area contributed by atoms with Crippen molar-refractivity contribution in [3.8, 4) is 11.8 Å². The van der Waals surface area contributed by atoms with Gasteiger partial charge in [0.2, 0.25) is 0 Å². The molecule has 0 aliphatic carbocycles. The first-order chi connectivity index (χ1) is 7.18. The van der Waals surface area contributed by atoms with Crippen LogP contribution in [-0.2, 0) is 7.05 Å². The Hall–Kier alpha value is -1.29. The van der Waals surface area contributed by atoms with Gasteiger partial charge >= 0.3 is 6.01 Å². The summed E-state index contributed by atoms with van der Waals surface area (Å²) >= 11 is 3.42. The normalized spacial score (nSPS) is 10.3. The van der Waals surface area contributed by atoms with Crippen molar-refractivity contribution in [2.24, 2.45) is 7.05 Å². The minimum absolute atomic E-state index is 0.597. The Bertz CT molecular complexity index is 479. The fraction of sp³-hybridized carbons (Fsp3) is 0.182. The third kappa shape index (κ3) is 2.04. The number of ether oxygens (including phenoxy) is 1. The molecule has 0 atom stereocenters. The van der Waals surface area contributed by atoms with Gasteiger partial charge in [-0.1, -0.05) is 12.1 Å². The summed E-state index contributed by atoms with van der Waals surface area (Å²) in [6, 6.07) is 8.30. The summed E-state index contributed by atoms with van der Waals surface area (Å²) < 4.78 is 8.49. The van der Waals surface area contributed by atoms with Crippen molar-refractivity contribution < 1.29 is 4.74 Å². The third-order valence-corrected chi connectivity index (χ3v) is 2.87. The number of halogens is 1. The Morgan fingerprint density at radius 2 is 2.07 bits per heavy atom. The minimum Gasteiger partial charge on any atom is -0.424 e. The van der Waals surface area contributed by atoms with Gasteiger partial charge in [-0.05, 0) is 35.0 Å². The second-order valence-corrected chi connectivity index (χ2v) is 4.13. The maximum absolute atomic E-state index is 5.67. The maximum atomic E-state index is 5.67. The highest BCUT2D eigenvalue weighted by molar-refractivity contribution is 9.10. The molecule has 0 radical (unpaired) electrons. The summed E-state index contributed by atoms with van der Waals surface area (Å²) in [7, 11) is 1.93. The van der Waals surface area contributed by atoms with E-state index in [1.165, 1.54) is 0 Å². The van der Waals surface area contributed by atoms with E-state index in [0.717, 1.165) is 15.9 Å². The molecule has 0 aliphatic heterocycles. The highest BCUT2D eigenvalue weighted by atomic mass is 79.9. The predicted molar refractivity (Wildman–Crippen MR) is 62.2 cm³/mol. The number of hydrogen-bond acceptors (Lipinski definition) is 2. The molecule has 1 heterocycles. The van der Waals surface area contributed by atoms with Crippen molar-refractivity contribution in [2.75, 3.05) is 0 Å². The van der Waals surface area contributed by atoms with Crippen molar-refractivity contribution in [2.45, 2.75) is 6.92 Å². The molecule has 0 unspecified atom stereocenters. The lowest BCUT2D eigenvalue weighted by molar-refractivity contribution is 0.421. The average molecular weight is 267 g/mol. The fourth-order valence-corrected chi connectivity index (χ4v) is 1.56. The van der Waals surface area contributed by atoms with E-state index in [0.29, 0.717) is 6.01 Å². The van der Waals surface area contributed by atoms with Crippen LogP contribution in [0.25, 0.3) is 0 Å². The SMILES string of the molecule is Cc1cnc(Oc2ccccc2Br)n1C. The molecule has 0 N–H and O–H groups in total. The van der Waals surface area contributed by atoms with Crippen molar-refractivity contribution in [1.82, 2.24) is 9.55 Å². The first-order valence-corrected chi connectivity index (χ1v) is 5.38. The Labute approximate surface area is 96.8 Å². The highest BCUT2D eigenvalue weighted by Gasteiger charge is 2.07. The molecule has 15 heavy (non-hydrogen) atoms. The predicted octanol–water partition coefficient (Wildman–Crippen LogP) is 3.28. The molecule has 2 aromatic rings. The number of aromatic nitrogens is 2. The van der Waals surface area contributed by atoms with Crippen LogP contribution in [0, 0.1) is 6.92 Å². The smallest absolute Gasteiger partial charge is 0.301 e. The number of imidazole rings is 1. The van der Waals surface area contributed by atoms with Gasteiger partial charge in [-0.3, -0.25) is 0 Å². The number of hydrogen-bond donors (Lipinski definition) is 0. The van der Waals surface area contributed by atoms with Crippen molar-refractivity contribution in [1.29, 1.82) is 0 Å². The standard InChI is InChI=1S/C11H11BrN2O/c1-8-7-13-11(14(8)2)15-10-6-4-3-5-9(10)12/h3-7H,1-2H3. The van der Waals surface area contributed by atoms with E-state index < -0.39 is 0 Å². The van der Waals surface area contributed by atoms with Gasteiger partial charge in [0.1, 0.15) is 5.75 Å². The Balaban J connectivity index is 2.30. The Morgan fingerprint density at radius 3 is 2.67 bits per heavy atom. The molecule has 78 valence electrons. The molecule has 0 aliphatic rings. The minimum atomic E-state index is 0.597. The summed E-state index contributed by atoms with van der Waals surface area (Å²) in [5, 5.41) is 0. The lowest BCUT2D eigenvalue weighted by atomic mass is 10.3. The number of rotatable bonds is 2. The van der Waals surface area contributed by atoms with Gasteiger partial charge in [0.25, 0.3) is 0 Å². The van der Waals surface area contributed by atoms with Crippen molar-refractivity contribution in [3.05, 3.63) is 40.6 Å². The summed E-state index contributed by atoms with van der Waals surface area (Å²) in [5.41, 5.74) is 1.07. The van der Waals surface area contributed by atoms with Gasteiger partial charge in [-0.2, -0.15) is 0 Å². The van der Waals surface area contributed by atoms with E-state index in [9.17, 15) is 0 Å². The van der Waals surface area contributed by atoms with E-state index in [4.69, 9.17) is 4.74 Å². The van der Waals surface area contributed by atoms with Crippen LogP contribution >= 0.6 is 15.9 Å². The molecule has 3 nitrogen and oxygen atoms in total. The van der Waals surface area contributed by atoms with Gasteiger partial charge in [-0.15, -0.1) is 0 Å². The van der Waals surface area contributed by atoms with Crippen LogP contribution in [0.2, 0.25) is 0 Å². The first-order valence-electron chi connectivity index (χ1n) is 4.59. The molecule has 0 amide bonds. The summed E-state index contributed by atoms with van der Waals surface area (Å²) in [4.78, 5) is 4.17. The van der Waals surface area contributed by atoms with Crippen LogP contribution in [0.15, 0.2) is 34.9 Å². The fourth-order valence-electron chi connectivity index (χ4n) is 1.19. The van der Waals surface area contributed by atoms with Crippen LogP contribution in [0.3, 0.4) is 0 Å². The summed E-state index contributed by atoms with van der Waals surface area (Å²) in [6.45, 7) is 1.99. The van der Waals surface area contributed by atoms with E-state index in [1.54, 1.807) is 6.20 Å². The van der Waals surface area contributed by atoms with Crippen molar-refractivity contribution in [3.63, 3.8) is 0 Å². The van der Waals surface area contributed by atoms with Crippen LogP contribution in [0.5, 0.6) is 11.8 Å². The summed E-state index contributed by atoms with van der Waals surface area (Å²) in [5.74, 6) is 0.770. The largest absolute Gasteiger partial charge is 0.424 e. The molecule has 1 aromatic carbocycles. The molecule has 1 aromatic heterocycles.